The maximum absolute atomic E-state index is 12.6. The van der Waals surface area contributed by atoms with Gasteiger partial charge in [-0.25, -0.2) is 12.7 Å². The number of hydrogen-bond acceptors (Lipinski definition) is 4. The van der Waals surface area contributed by atoms with Crippen LogP contribution in [0.2, 0.25) is 0 Å². The van der Waals surface area contributed by atoms with E-state index in [4.69, 9.17) is 0 Å². The van der Waals surface area contributed by atoms with E-state index in [0.717, 1.165) is 6.26 Å². The maximum Gasteiger partial charge on any atom is 0.446 e. The number of benzene rings is 1. The van der Waals surface area contributed by atoms with Crippen LogP contribution in [0, 0.1) is 0 Å². The molecule has 0 spiro atoms. The van der Waals surface area contributed by atoms with Crippen LogP contribution < -0.4 is 5.32 Å². The highest BCUT2D eigenvalue weighted by Gasteiger charge is 2.32. The number of hydrogen-bond donors (Lipinski definition) is 1. The number of amides is 1. The molecule has 1 N–H and O–H groups in total. The Labute approximate surface area is 142 Å². The van der Waals surface area contributed by atoms with Crippen LogP contribution in [0.1, 0.15) is 23.2 Å². The van der Waals surface area contributed by atoms with E-state index in [2.05, 4.69) is 5.32 Å². The number of nitrogens with one attached hydrogen (secondary N) is 1. The molecule has 0 saturated carbocycles. The lowest BCUT2D eigenvalue weighted by molar-refractivity contribution is -0.0328. The molecule has 1 amide bonds. The summed E-state index contributed by atoms with van der Waals surface area (Å²) in [5.74, 6) is -0.636. The van der Waals surface area contributed by atoms with E-state index in [0.29, 0.717) is 19.4 Å². The second-order valence-electron chi connectivity index (χ2n) is 5.48. The van der Waals surface area contributed by atoms with Crippen LogP contribution in [0.15, 0.2) is 29.2 Å². The number of carbonyl (C=O) groups is 1. The lowest BCUT2D eigenvalue weighted by atomic mass is 10.1. The number of rotatable bonds is 4. The highest BCUT2D eigenvalue weighted by atomic mass is 32.2. The number of thioether (sulfide) groups is 1. The van der Waals surface area contributed by atoms with Gasteiger partial charge in [0.2, 0.25) is 10.0 Å². The Bertz CT molecular complexity index is 707. The number of carbonyl (C=O) groups excluding carboxylic acids is 1. The summed E-state index contributed by atoms with van der Waals surface area (Å²) in [7, 11) is -3.36. The van der Waals surface area contributed by atoms with Gasteiger partial charge in [-0.1, -0.05) is 12.1 Å². The fourth-order valence-electron chi connectivity index (χ4n) is 2.49. The Morgan fingerprint density at radius 3 is 2.62 bits per heavy atom. The van der Waals surface area contributed by atoms with E-state index in [1.54, 1.807) is 0 Å². The summed E-state index contributed by atoms with van der Waals surface area (Å²) in [5.41, 5.74) is -4.56. The number of sulfonamides is 1. The molecular formula is C14H17F3N2O3S2. The molecule has 1 heterocycles. The first kappa shape index (κ1) is 19.1. The Kier molecular flexibility index (Phi) is 5.82. The third-order valence-corrected chi connectivity index (χ3v) is 5.62. The van der Waals surface area contributed by atoms with Crippen molar-refractivity contribution in [3.8, 4) is 0 Å². The first-order valence-corrected chi connectivity index (χ1v) is 9.83. The summed E-state index contributed by atoms with van der Waals surface area (Å²) in [6, 6.07) is 5.04. The quantitative estimate of drug-likeness (QED) is 0.813. The summed E-state index contributed by atoms with van der Waals surface area (Å²) in [5, 5.41) is 2.64. The van der Waals surface area contributed by atoms with Gasteiger partial charge in [-0.15, -0.1) is 0 Å². The molecule has 1 aliphatic heterocycles. The predicted octanol–water partition coefficient (Wildman–Crippen LogP) is 2.45. The molecule has 134 valence electrons. The van der Waals surface area contributed by atoms with Gasteiger partial charge in [-0.3, -0.25) is 4.79 Å². The lowest BCUT2D eigenvalue weighted by Gasteiger charge is -2.31. The van der Waals surface area contributed by atoms with E-state index < -0.39 is 27.5 Å². The molecule has 10 heteroatoms. The maximum atomic E-state index is 12.6. The van der Waals surface area contributed by atoms with Crippen LogP contribution in [0.5, 0.6) is 0 Å². The summed E-state index contributed by atoms with van der Waals surface area (Å²) < 4.78 is 62.2. The average Bonchev–Trinajstić information content (AvgIpc) is 2.45. The van der Waals surface area contributed by atoms with Crippen LogP contribution in [0.3, 0.4) is 0 Å². The molecule has 1 saturated heterocycles. The molecule has 0 aliphatic carbocycles. The second-order valence-corrected chi connectivity index (χ2v) is 8.57. The molecular weight excluding hydrogens is 365 g/mol. The Morgan fingerprint density at radius 2 is 2.00 bits per heavy atom. The van der Waals surface area contributed by atoms with E-state index >= 15 is 0 Å². The zero-order valence-corrected chi connectivity index (χ0v) is 14.5. The molecule has 1 aromatic rings. The van der Waals surface area contributed by atoms with Crippen molar-refractivity contribution < 1.29 is 26.4 Å². The summed E-state index contributed by atoms with van der Waals surface area (Å²) >= 11 is -0.345. The van der Waals surface area contributed by atoms with E-state index in [-0.39, 0.29) is 28.8 Å². The number of nitrogens with zero attached hydrogens (tertiary/aromatic N) is 1. The van der Waals surface area contributed by atoms with Gasteiger partial charge in [0.25, 0.3) is 5.91 Å². The SMILES string of the molecule is CS(=O)(=O)N1CCCC(NC(=O)c2ccccc2SC(F)(F)F)C1. The van der Waals surface area contributed by atoms with Crippen LogP contribution in [0.4, 0.5) is 13.2 Å². The third-order valence-electron chi connectivity index (χ3n) is 3.55. The number of piperidine rings is 1. The summed E-state index contributed by atoms with van der Waals surface area (Å²) in [6.07, 6.45) is 2.25. The molecule has 24 heavy (non-hydrogen) atoms. The Hall–Kier alpha value is -1.26. The van der Waals surface area contributed by atoms with Crippen LogP contribution in [0.25, 0.3) is 0 Å². The van der Waals surface area contributed by atoms with Gasteiger partial charge in [0.15, 0.2) is 0 Å². The van der Waals surface area contributed by atoms with Gasteiger partial charge in [-0.2, -0.15) is 13.2 Å². The monoisotopic (exact) mass is 382 g/mol. The fourth-order valence-corrected chi connectivity index (χ4v) is 4.07. The Morgan fingerprint density at radius 1 is 1.33 bits per heavy atom. The van der Waals surface area contributed by atoms with Crippen LogP contribution in [-0.4, -0.2) is 49.5 Å². The highest BCUT2D eigenvalue weighted by molar-refractivity contribution is 8.00. The smallest absolute Gasteiger partial charge is 0.348 e. The third kappa shape index (κ3) is 5.38. The second kappa shape index (κ2) is 7.32. The predicted molar refractivity (Wildman–Crippen MR) is 85.3 cm³/mol. The van der Waals surface area contributed by atoms with Crippen molar-refractivity contribution in [2.45, 2.75) is 29.3 Å². The van der Waals surface area contributed by atoms with Crippen LogP contribution >= 0.6 is 11.8 Å². The van der Waals surface area contributed by atoms with Gasteiger partial charge in [0.05, 0.1) is 11.8 Å². The van der Waals surface area contributed by atoms with Crippen molar-refractivity contribution in [2.75, 3.05) is 19.3 Å². The minimum atomic E-state index is -4.49. The van der Waals surface area contributed by atoms with Gasteiger partial charge in [0.1, 0.15) is 0 Å². The molecule has 0 radical (unpaired) electrons. The molecule has 0 aromatic heterocycles. The molecule has 1 aromatic carbocycles. The minimum absolute atomic E-state index is 0.0729. The van der Waals surface area contributed by atoms with Gasteiger partial charge >= 0.3 is 5.51 Å². The van der Waals surface area contributed by atoms with Gasteiger partial charge in [0, 0.05) is 24.0 Å². The number of alkyl halides is 3. The van der Waals surface area contributed by atoms with E-state index in [1.807, 2.05) is 0 Å². The van der Waals surface area contributed by atoms with E-state index in [9.17, 15) is 26.4 Å². The van der Waals surface area contributed by atoms with Crippen molar-refractivity contribution in [2.24, 2.45) is 0 Å². The van der Waals surface area contributed by atoms with Gasteiger partial charge in [-0.05, 0) is 36.7 Å². The molecule has 1 atom stereocenters. The molecule has 0 bridgehead atoms. The topological polar surface area (TPSA) is 66.5 Å². The lowest BCUT2D eigenvalue weighted by Crippen LogP contribution is -2.49. The first-order chi connectivity index (χ1) is 11.1. The normalized spacial score (nSPS) is 19.9. The molecule has 2 rings (SSSR count). The fraction of sp³-hybridized carbons (Fsp3) is 0.500. The summed E-state index contributed by atoms with van der Waals surface area (Å²) in [6.45, 7) is 0.505. The van der Waals surface area contributed by atoms with Crippen molar-refractivity contribution in [1.82, 2.24) is 9.62 Å². The first-order valence-electron chi connectivity index (χ1n) is 7.17. The molecule has 1 aliphatic rings. The highest BCUT2D eigenvalue weighted by Crippen LogP contribution is 2.38. The van der Waals surface area contributed by atoms with Crippen LogP contribution in [-0.2, 0) is 10.0 Å². The Balaban J connectivity index is 2.10. The standard InChI is InChI=1S/C14H17F3N2O3S2/c1-24(21,22)19-8-4-5-10(9-19)18-13(20)11-6-2-3-7-12(11)23-14(15,16)17/h2-3,6-7,10H,4-5,8-9H2,1H3,(H,18,20). The average molecular weight is 382 g/mol. The largest absolute Gasteiger partial charge is 0.446 e. The summed E-state index contributed by atoms with van der Waals surface area (Å²) in [4.78, 5) is 12.1. The molecule has 5 nitrogen and oxygen atoms in total. The number of halogens is 3. The molecule has 1 fully saturated rings. The zero-order valence-electron chi connectivity index (χ0n) is 12.8. The van der Waals surface area contributed by atoms with Crippen molar-refractivity contribution >= 4 is 27.7 Å². The van der Waals surface area contributed by atoms with E-state index in [1.165, 1.54) is 28.6 Å². The van der Waals surface area contributed by atoms with Crippen molar-refractivity contribution in [3.63, 3.8) is 0 Å². The molecule has 1 unspecified atom stereocenters. The van der Waals surface area contributed by atoms with Crippen molar-refractivity contribution in [1.29, 1.82) is 0 Å². The van der Waals surface area contributed by atoms with Crippen molar-refractivity contribution in [3.05, 3.63) is 29.8 Å². The zero-order chi connectivity index (χ0) is 18.0. The minimum Gasteiger partial charge on any atom is -0.348 e. The van der Waals surface area contributed by atoms with Gasteiger partial charge < -0.3 is 5.32 Å².